The van der Waals surface area contributed by atoms with Crippen molar-refractivity contribution in [3.63, 3.8) is 0 Å². The summed E-state index contributed by atoms with van der Waals surface area (Å²) in [6.45, 7) is -1.18. The van der Waals surface area contributed by atoms with Crippen molar-refractivity contribution in [1.29, 1.82) is 0 Å². The number of amides is 3. The maximum absolute atomic E-state index is 12.1. The number of hydrogen-bond donors (Lipinski definition) is 4. The van der Waals surface area contributed by atoms with Crippen LogP contribution in [-0.2, 0) is 0 Å². The Morgan fingerprint density at radius 3 is 2.44 bits per heavy atom. The molecule has 0 aliphatic carbocycles. The number of carbonyl (C=O) groups is 2. The SMILES string of the molecule is CC(NC(=O)Nc1ccc(OC(F)F)cc1)c1ccc(C(=O)NO)s1. The first kappa shape index (κ1) is 18.6. The number of rotatable bonds is 6. The molecule has 1 aromatic heterocycles. The molecule has 1 unspecified atom stereocenters. The molecule has 1 atom stereocenters. The molecule has 4 N–H and O–H groups in total. The molecule has 2 rings (SSSR count). The van der Waals surface area contributed by atoms with Crippen LogP contribution in [0.5, 0.6) is 5.75 Å². The smallest absolute Gasteiger partial charge is 0.387 e. The number of carbonyl (C=O) groups excluding carboxylic acids is 2. The van der Waals surface area contributed by atoms with E-state index in [4.69, 9.17) is 5.21 Å². The fraction of sp³-hybridized carbons (Fsp3) is 0.200. The van der Waals surface area contributed by atoms with Gasteiger partial charge in [0.1, 0.15) is 5.75 Å². The molecule has 0 radical (unpaired) electrons. The molecule has 7 nitrogen and oxygen atoms in total. The number of ether oxygens (including phenoxy) is 1. The van der Waals surface area contributed by atoms with Gasteiger partial charge in [0.2, 0.25) is 0 Å². The Kier molecular flexibility index (Phi) is 6.25. The number of anilines is 1. The number of benzene rings is 1. The standard InChI is InChI=1S/C15H15F2N3O4S/c1-8(11-6-7-12(25-11)13(21)20-23)18-15(22)19-9-2-4-10(5-3-9)24-14(16)17/h2-8,14,23H,1H3,(H,20,21)(H2,18,19,22). The van der Waals surface area contributed by atoms with Gasteiger partial charge in [0.25, 0.3) is 5.91 Å². The lowest BCUT2D eigenvalue weighted by atomic mass is 10.2. The van der Waals surface area contributed by atoms with E-state index in [1.165, 1.54) is 35.8 Å². The summed E-state index contributed by atoms with van der Waals surface area (Å²) in [7, 11) is 0. The normalized spacial score (nSPS) is 11.7. The Hall–Kier alpha value is -2.72. The van der Waals surface area contributed by atoms with Crippen molar-refractivity contribution in [1.82, 2.24) is 10.8 Å². The second-order valence-corrected chi connectivity index (χ2v) is 5.98. The van der Waals surface area contributed by atoms with Crippen LogP contribution in [-0.4, -0.2) is 23.8 Å². The third-order valence-corrected chi connectivity index (χ3v) is 4.33. The van der Waals surface area contributed by atoms with E-state index >= 15 is 0 Å². The van der Waals surface area contributed by atoms with Crippen LogP contribution in [0, 0.1) is 0 Å². The Morgan fingerprint density at radius 2 is 1.84 bits per heavy atom. The van der Waals surface area contributed by atoms with Crippen molar-refractivity contribution in [3.8, 4) is 5.75 Å². The first-order chi connectivity index (χ1) is 11.9. The van der Waals surface area contributed by atoms with Crippen molar-refractivity contribution >= 4 is 29.0 Å². The van der Waals surface area contributed by atoms with Crippen LogP contribution >= 0.6 is 11.3 Å². The van der Waals surface area contributed by atoms with Crippen molar-refractivity contribution in [3.05, 3.63) is 46.2 Å². The molecule has 3 amide bonds. The lowest BCUT2D eigenvalue weighted by Gasteiger charge is -2.13. The summed E-state index contributed by atoms with van der Waals surface area (Å²) in [5.74, 6) is -0.637. The van der Waals surface area contributed by atoms with Crippen molar-refractivity contribution in [2.45, 2.75) is 19.6 Å². The van der Waals surface area contributed by atoms with Gasteiger partial charge >= 0.3 is 12.6 Å². The fourth-order valence-electron chi connectivity index (χ4n) is 1.92. The highest BCUT2D eigenvalue weighted by atomic mass is 32.1. The van der Waals surface area contributed by atoms with E-state index in [1.807, 2.05) is 0 Å². The van der Waals surface area contributed by atoms with Crippen LogP contribution in [0.25, 0.3) is 0 Å². The van der Waals surface area contributed by atoms with E-state index in [2.05, 4.69) is 15.4 Å². The average Bonchev–Trinajstić information content (AvgIpc) is 3.05. The number of halogens is 2. The highest BCUT2D eigenvalue weighted by Gasteiger charge is 2.15. The van der Waals surface area contributed by atoms with E-state index in [0.717, 1.165) is 16.2 Å². The second kappa shape index (κ2) is 8.40. The van der Waals surface area contributed by atoms with Crippen molar-refractivity contribution < 1.29 is 28.3 Å². The largest absolute Gasteiger partial charge is 0.435 e. The van der Waals surface area contributed by atoms with Crippen molar-refractivity contribution in [2.24, 2.45) is 0 Å². The van der Waals surface area contributed by atoms with Gasteiger partial charge in [-0.15, -0.1) is 11.3 Å². The maximum atomic E-state index is 12.1. The zero-order valence-electron chi connectivity index (χ0n) is 13.0. The Balaban J connectivity index is 1.90. The summed E-state index contributed by atoms with van der Waals surface area (Å²) < 4.78 is 28.4. The highest BCUT2D eigenvalue weighted by Crippen LogP contribution is 2.23. The molecular formula is C15H15F2N3O4S. The minimum Gasteiger partial charge on any atom is -0.435 e. The van der Waals surface area contributed by atoms with Gasteiger partial charge in [-0.1, -0.05) is 0 Å². The first-order valence-electron chi connectivity index (χ1n) is 7.05. The first-order valence-corrected chi connectivity index (χ1v) is 7.87. The summed E-state index contributed by atoms with van der Waals surface area (Å²) in [5, 5.41) is 13.8. The van der Waals surface area contributed by atoms with Crippen LogP contribution < -0.4 is 20.9 Å². The lowest BCUT2D eigenvalue weighted by Crippen LogP contribution is -2.30. The Morgan fingerprint density at radius 1 is 1.16 bits per heavy atom. The Labute approximate surface area is 145 Å². The minimum absolute atomic E-state index is 0.0115. The number of hydroxylamine groups is 1. The maximum Gasteiger partial charge on any atom is 0.387 e. The molecule has 0 aliphatic heterocycles. The second-order valence-electron chi connectivity index (χ2n) is 4.87. The topological polar surface area (TPSA) is 99.7 Å². The summed E-state index contributed by atoms with van der Waals surface area (Å²) in [6, 6.07) is 7.78. The van der Waals surface area contributed by atoms with Gasteiger partial charge in [0, 0.05) is 10.6 Å². The number of hydrogen-bond acceptors (Lipinski definition) is 5. The van der Waals surface area contributed by atoms with Crippen molar-refractivity contribution in [2.75, 3.05) is 5.32 Å². The van der Waals surface area contributed by atoms with E-state index in [9.17, 15) is 18.4 Å². The van der Waals surface area contributed by atoms with E-state index in [-0.39, 0.29) is 11.8 Å². The van der Waals surface area contributed by atoms with Gasteiger partial charge in [-0.3, -0.25) is 10.0 Å². The van der Waals surface area contributed by atoms with Crippen LogP contribution in [0.1, 0.15) is 27.5 Å². The molecule has 0 aliphatic rings. The number of alkyl halides is 2. The minimum atomic E-state index is -2.91. The summed E-state index contributed by atoms with van der Waals surface area (Å²) in [4.78, 5) is 24.3. The van der Waals surface area contributed by atoms with Gasteiger partial charge in [0.15, 0.2) is 0 Å². The predicted molar refractivity (Wildman–Crippen MR) is 87.2 cm³/mol. The van der Waals surface area contributed by atoms with Gasteiger partial charge < -0.3 is 15.4 Å². The van der Waals surface area contributed by atoms with Crippen LogP contribution in [0.2, 0.25) is 0 Å². The van der Waals surface area contributed by atoms with Crippen LogP contribution in [0.15, 0.2) is 36.4 Å². The number of nitrogens with one attached hydrogen (secondary N) is 3. The van der Waals surface area contributed by atoms with E-state index < -0.39 is 18.5 Å². The lowest BCUT2D eigenvalue weighted by molar-refractivity contribution is -0.0498. The monoisotopic (exact) mass is 371 g/mol. The molecule has 0 saturated heterocycles. The van der Waals surface area contributed by atoms with E-state index in [0.29, 0.717) is 10.6 Å². The van der Waals surface area contributed by atoms with Gasteiger partial charge in [-0.25, -0.2) is 10.3 Å². The fourth-order valence-corrected chi connectivity index (χ4v) is 2.82. The van der Waals surface area contributed by atoms with Crippen LogP contribution in [0.4, 0.5) is 19.3 Å². The summed E-state index contributed by atoms with van der Waals surface area (Å²) in [6.07, 6.45) is 0. The molecule has 1 heterocycles. The summed E-state index contributed by atoms with van der Waals surface area (Å²) in [5.41, 5.74) is 1.94. The molecule has 0 fully saturated rings. The molecule has 0 saturated carbocycles. The molecule has 0 bridgehead atoms. The van der Waals surface area contributed by atoms with E-state index in [1.54, 1.807) is 13.0 Å². The molecule has 2 aromatic rings. The average molecular weight is 371 g/mol. The van der Waals surface area contributed by atoms with Gasteiger partial charge in [-0.05, 0) is 43.3 Å². The molecular weight excluding hydrogens is 356 g/mol. The quantitative estimate of drug-likeness (QED) is 0.462. The third-order valence-electron chi connectivity index (χ3n) is 3.06. The predicted octanol–water partition coefficient (Wildman–Crippen LogP) is 3.35. The molecule has 134 valence electrons. The zero-order valence-corrected chi connectivity index (χ0v) is 13.8. The molecule has 25 heavy (non-hydrogen) atoms. The molecule has 0 spiro atoms. The number of thiophene rings is 1. The molecule has 1 aromatic carbocycles. The highest BCUT2D eigenvalue weighted by molar-refractivity contribution is 7.14. The van der Waals surface area contributed by atoms with Crippen LogP contribution in [0.3, 0.4) is 0 Å². The third kappa shape index (κ3) is 5.40. The van der Waals surface area contributed by atoms with Gasteiger partial charge in [0.05, 0.1) is 10.9 Å². The summed E-state index contributed by atoms with van der Waals surface area (Å²) >= 11 is 1.13. The Bertz CT molecular complexity index is 737. The zero-order chi connectivity index (χ0) is 18.4. The number of urea groups is 1. The van der Waals surface area contributed by atoms with Gasteiger partial charge in [-0.2, -0.15) is 8.78 Å². The molecule has 10 heteroatoms.